The zero-order valence-corrected chi connectivity index (χ0v) is 13.8. The van der Waals surface area contributed by atoms with Gasteiger partial charge in [-0.25, -0.2) is 4.79 Å². The third-order valence-corrected chi connectivity index (χ3v) is 4.19. The van der Waals surface area contributed by atoms with Crippen LogP contribution in [0.5, 0.6) is 5.75 Å². The van der Waals surface area contributed by atoms with Gasteiger partial charge in [0.2, 0.25) is 0 Å². The zero-order valence-electron chi connectivity index (χ0n) is 13.0. The van der Waals surface area contributed by atoms with Crippen LogP contribution in [0.3, 0.4) is 0 Å². The standard InChI is InChI=1S/C18H17ClN2O3/c19-14-6-3-7-15(11-14)24-18(23)16-8-1-2-10-21(16)17(22)13-5-4-9-20-12-13/h3-7,9,11-12,16H,1-2,8,10H2. The van der Waals surface area contributed by atoms with Crippen LogP contribution >= 0.6 is 11.6 Å². The van der Waals surface area contributed by atoms with E-state index in [1.165, 1.54) is 6.20 Å². The average Bonchev–Trinajstić information content (AvgIpc) is 2.62. The van der Waals surface area contributed by atoms with Crippen molar-refractivity contribution < 1.29 is 14.3 Å². The van der Waals surface area contributed by atoms with E-state index in [2.05, 4.69) is 4.98 Å². The first-order chi connectivity index (χ1) is 11.6. The molecule has 0 radical (unpaired) electrons. The topological polar surface area (TPSA) is 59.5 Å². The Kier molecular flexibility index (Phi) is 5.11. The van der Waals surface area contributed by atoms with Gasteiger partial charge >= 0.3 is 5.97 Å². The minimum atomic E-state index is -0.592. The molecule has 5 nitrogen and oxygen atoms in total. The predicted octanol–water partition coefficient (Wildman–Crippen LogP) is 3.34. The fourth-order valence-electron chi connectivity index (χ4n) is 2.79. The number of esters is 1. The Hall–Kier alpha value is -2.40. The first-order valence-electron chi connectivity index (χ1n) is 7.83. The van der Waals surface area contributed by atoms with Crippen molar-refractivity contribution in [3.8, 4) is 5.75 Å². The van der Waals surface area contributed by atoms with Gasteiger partial charge in [0.25, 0.3) is 5.91 Å². The number of pyridine rings is 1. The number of carbonyl (C=O) groups is 2. The molecule has 0 bridgehead atoms. The summed E-state index contributed by atoms with van der Waals surface area (Å²) < 4.78 is 5.42. The Morgan fingerprint density at radius 3 is 2.83 bits per heavy atom. The van der Waals surface area contributed by atoms with Crippen LogP contribution in [0.1, 0.15) is 29.6 Å². The van der Waals surface area contributed by atoms with Gasteiger partial charge in [-0.05, 0) is 49.6 Å². The SMILES string of the molecule is O=C(Oc1cccc(Cl)c1)C1CCCCN1C(=O)c1cccnc1. The number of hydrogen-bond acceptors (Lipinski definition) is 4. The van der Waals surface area contributed by atoms with Gasteiger partial charge in [-0.3, -0.25) is 9.78 Å². The molecule has 0 N–H and O–H groups in total. The van der Waals surface area contributed by atoms with Gasteiger partial charge in [-0.1, -0.05) is 17.7 Å². The first-order valence-corrected chi connectivity index (χ1v) is 8.21. The lowest BCUT2D eigenvalue weighted by Crippen LogP contribution is -2.49. The lowest BCUT2D eigenvalue weighted by Gasteiger charge is -2.34. The van der Waals surface area contributed by atoms with Crippen molar-refractivity contribution in [3.05, 3.63) is 59.4 Å². The summed E-state index contributed by atoms with van der Waals surface area (Å²) >= 11 is 5.91. The predicted molar refractivity (Wildman–Crippen MR) is 90.0 cm³/mol. The highest BCUT2D eigenvalue weighted by Gasteiger charge is 2.34. The molecule has 1 aromatic carbocycles. The number of likely N-dealkylation sites (tertiary alicyclic amines) is 1. The molecule has 124 valence electrons. The van der Waals surface area contributed by atoms with E-state index in [4.69, 9.17) is 16.3 Å². The highest BCUT2D eigenvalue weighted by atomic mass is 35.5. The monoisotopic (exact) mass is 344 g/mol. The molecule has 3 rings (SSSR count). The fraction of sp³-hybridized carbons (Fsp3) is 0.278. The van der Waals surface area contributed by atoms with Gasteiger partial charge in [-0.15, -0.1) is 0 Å². The van der Waals surface area contributed by atoms with Crippen molar-refractivity contribution in [3.63, 3.8) is 0 Å². The van der Waals surface area contributed by atoms with Crippen LogP contribution in [0.15, 0.2) is 48.8 Å². The molecule has 1 unspecified atom stereocenters. The minimum Gasteiger partial charge on any atom is -0.425 e. The molecule has 1 aromatic heterocycles. The molecular formula is C18H17ClN2O3. The van der Waals surface area contributed by atoms with Gasteiger partial charge in [0.05, 0.1) is 5.56 Å². The van der Waals surface area contributed by atoms with Crippen LogP contribution in [0.25, 0.3) is 0 Å². The minimum absolute atomic E-state index is 0.198. The quantitative estimate of drug-likeness (QED) is 0.633. The largest absolute Gasteiger partial charge is 0.425 e. The van der Waals surface area contributed by atoms with Gasteiger partial charge < -0.3 is 9.64 Å². The first kappa shape index (κ1) is 16.5. The van der Waals surface area contributed by atoms with Crippen molar-refractivity contribution in [1.82, 2.24) is 9.88 Å². The van der Waals surface area contributed by atoms with Crippen molar-refractivity contribution >= 4 is 23.5 Å². The Morgan fingerprint density at radius 2 is 2.08 bits per heavy atom. The van der Waals surface area contributed by atoms with E-state index in [0.717, 1.165) is 12.8 Å². The molecule has 0 saturated carbocycles. The number of piperidine rings is 1. The number of amides is 1. The number of rotatable bonds is 3. The number of benzene rings is 1. The maximum atomic E-state index is 12.7. The Labute approximate surface area is 145 Å². The number of aromatic nitrogens is 1. The smallest absolute Gasteiger partial charge is 0.334 e. The summed E-state index contributed by atoms with van der Waals surface area (Å²) in [6.07, 6.45) is 5.46. The number of halogens is 1. The maximum absolute atomic E-state index is 12.7. The lowest BCUT2D eigenvalue weighted by molar-refractivity contribution is -0.140. The van der Waals surface area contributed by atoms with Crippen molar-refractivity contribution in [2.45, 2.75) is 25.3 Å². The number of hydrogen-bond donors (Lipinski definition) is 0. The normalized spacial score (nSPS) is 17.4. The molecule has 1 aliphatic heterocycles. The maximum Gasteiger partial charge on any atom is 0.334 e. The van der Waals surface area contributed by atoms with Crippen LogP contribution in [-0.4, -0.2) is 34.3 Å². The van der Waals surface area contributed by atoms with Gasteiger partial charge in [-0.2, -0.15) is 0 Å². The van der Waals surface area contributed by atoms with E-state index in [0.29, 0.717) is 29.3 Å². The summed E-state index contributed by atoms with van der Waals surface area (Å²) in [6.45, 7) is 0.531. The van der Waals surface area contributed by atoms with Crippen molar-refractivity contribution in [1.29, 1.82) is 0 Å². The van der Waals surface area contributed by atoms with Gasteiger partial charge in [0.1, 0.15) is 11.8 Å². The Bertz CT molecular complexity index is 736. The second kappa shape index (κ2) is 7.45. The summed E-state index contributed by atoms with van der Waals surface area (Å²) in [4.78, 5) is 30.8. The van der Waals surface area contributed by atoms with Crippen LogP contribution in [-0.2, 0) is 4.79 Å². The second-order valence-electron chi connectivity index (χ2n) is 5.63. The zero-order chi connectivity index (χ0) is 16.9. The molecule has 1 aliphatic rings. The van der Waals surface area contributed by atoms with Crippen molar-refractivity contribution in [2.75, 3.05) is 6.54 Å². The van der Waals surface area contributed by atoms with Crippen molar-refractivity contribution in [2.24, 2.45) is 0 Å². The molecule has 2 heterocycles. The van der Waals surface area contributed by atoms with Crippen LogP contribution < -0.4 is 4.74 Å². The molecule has 6 heteroatoms. The molecule has 1 saturated heterocycles. The Morgan fingerprint density at radius 1 is 1.21 bits per heavy atom. The van der Waals surface area contributed by atoms with Crippen LogP contribution in [0.4, 0.5) is 0 Å². The molecule has 1 atom stereocenters. The summed E-state index contributed by atoms with van der Waals surface area (Å²) in [5.74, 6) is -0.253. The van der Waals surface area contributed by atoms with Gasteiger partial charge in [0.15, 0.2) is 0 Å². The molecular weight excluding hydrogens is 328 g/mol. The second-order valence-corrected chi connectivity index (χ2v) is 6.07. The molecule has 1 amide bonds. The number of carbonyl (C=O) groups excluding carboxylic acids is 2. The van der Waals surface area contributed by atoms with E-state index >= 15 is 0 Å². The fourth-order valence-corrected chi connectivity index (χ4v) is 2.97. The summed E-state index contributed by atoms with van der Waals surface area (Å²) in [5, 5.41) is 0.493. The average molecular weight is 345 g/mol. The molecule has 2 aromatic rings. The van der Waals surface area contributed by atoms with Gasteiger partial charge in [0, 0.05) is 24.0 Å². The van der Waals surface area contributed by atoms with Crippen LogP contribution in [0, 0.1) is 0 Å². The molecule has 0 spiro atoms. The molecule has 24 heavy (non-hydrogen) atoms. The molecule has 0 aliphatic carbocycles. The summed E-state index contributed by atoms with van der Waals surface area (Å²) in [7, 11) is 0. The molecule has 1 fully saturated rings. The van der Waals surface area contributed by atoms with Crippen LogP contribution in [0.2, 0.25) is 5.02 Å². The summed E-state index contributed by atoms with van der Waals surface area (Å²) in [6, 6.07) is 9.47. The highest BCUT2D eigenvalue weighted by Crippen LogP contribution is 2.23. The van der Waals surface area contributed by atoms with E-state index in [1.54, 1.807) is 47.5 Å². The lowest BCUT2D eigenvalue weighted by atomic mass is 10.0. The summed E-state index contributed by atoms with van der Waals surface area (Å²) in [5.41, 5.74) is 0.472. The van der Waals surface area contributed by atoms with E-state index in [1.807, 2.05) is 0 Å². The van der Waals surface area contributed by atoms with E-state index in [-0.39, 0.29) is 5.91 Å². The third-order valence-electron chi connectivity index (χ3n) is 3.96. The van der Waals surface area contributed by atoms with E-state index < -0.39 is 12.0 Å². The third kappa shape index (κ3) is 3.74. The van der Waals surface area contributed by atoms with E-state index in [9.17, 15) is 9.59 Å². The Balaban J connectivity index is 1.76. The number of ether oxygens (including phenoxy) is 1. The highest BCUT2D eigenvalue weighted by molar-refractivity contribution is 6.30. The number of nitrogens with zero attached hydrogens (tertiary/aromatic N) is 2.